The van der Waals surface area contributed by atoms with Gasteiger partial charge in [-0.15, -0.1) is 10.2 Å². The Labute approximate surface area is 155 Å². The largest absolute Gasteiger partial charge is 0.300 e. The molecule has 0 atom stereocenters. The number of carbonyl (C=O) groups excluding carboxylic acids is 1. The Balaban J connectivity index is 1.51. The van der Waals surface area contributed by atoms with Crippen LogP contribution in [0.4, 0.5) is 5.13 Å². The van der Waals surface area contributed by atoms with Crippen LogP contribution in [-0.2, 0) is 11.2 Å². The molecule has 0 aliphatic carbocycles. The standard InChI is InChI=1S/C21H17N3OS/c1-14-7-2-4-11-17(14)20-23-24-21(26-20)22-19(25)13-16-10-6-9-15-8-3-5-12-18(15)16/h2-12H,13H2,1H3,(H,22,24,25). The number of amides is 1. The molecule has 4 rings (SSSR count). The van der Waals surface area contributed by atoms with Crippen LogP contribution in [0.25, 0.3) is 21.3 Å². The van der Waals surface area contributed by atoms with Crippen molar-refractivity contribution in [3.05, 3.63) is 77.9 Å². The predicted octanol–water partition coefficient (Wildman–Crippen LogP) is 4.85. The summed E-state index contributed by atoms with van der Waals surface area (Å²) in [6.45, 7) is 2.04. The van der Waals surface area contributed by atoms with Crippen LogP contribution in [-0.4, -0.2) is 16.1 Å². The Morgan fingerprint density at radius 3 is 2.62 bits per heavy atom. The van der Waals surface area contributed by atoms with Crippen LogP contribution in [0.5, 0.6) is 0 Å². The Bertz CT molecular complexity index is 1080. The fourth-order valence-corrected chi connectivity index (χ4v) is 3.83. The molecule has 0 radical (unpaired) electrons. The van der Waals surface area contributed by atoms with E-state index >= 15 is 0 Å². The predicted molar refractivity (Wildman–Crippen MR) is 106 cm³/mol. The minimum atomic E-state index is -0.0890. The maximum Gasteiger partial charge on any atom is 0.230 e. The molecule has 5 heteroatoms. The molecule has 0 fully saturated rings. The number of nitrogens with one attached hydrogen (secondary N) is 1. The molecule has 0 saturated heterocycles. The van der Waals surface area contributed by atoms with Crippen molar-refractivity contribution in [1.29, 1.82) is 0 Å². The third-order valence-corrected chi connectivity index (χ3v) is 5.15. The molecular weight excluding hydrogens is 342 g/mol. The number of hydrogen-bond donors (Lipinski definition) is 1. The zero-order valence-corrected chi connectivity index (χ0v) is 15.1. The summed E-state index contributed by atoms with van der Waals surface area (Å²) in [5.74, 6) is -0.0890. The molecule has 3 aromatic carbocycles. The highest BCUT2D eigenvalue weighted by Gasteiger charge is 2.12. The lowest BCUT2D eigenvalue weighted by Crippen LogP contribution is -2.14. The average Bonchev–Trinajstić information content (AvgIpc) is 3.10. The van der Waals surface area contributed by atoms with Gasteiger partial charge in [0.05, 0.1) is 6.42 Å². The van der Waals surface area contributed by atoms with Crippen molar-refractivity contribution < 1.29 is 4.79 Å². The van der Waals surface area contributed by atoms with Crippen molar-refractivity contribution in [3.63, 3.8) is 0 Å². The third-order valence-electron chi connectivity index (χ3n) is 4.28. The van der Waals surface area contributed by atoms with Gasteiger partial charge in [-0.1, -0.05) is 78.1 Å². The molecule has 4 nitrogen and oxygen atoms in total. The summed E-state index contributed by atoms with van der Waals surface area (Å²) in [5, 5.41) is 14.8. The lowest BCUT2D eigenvalue weighted by atomic mass is 10.0. The quantitative estimate of drug-likeness (QED) is 0.567. The van der Waals surface area contributed by atoms with Crippen LogP contribution in [0.2, 0.25) is 0 Å². The summed E-state index contributed by atoms with van der Waals surface area (Å²) >= 11 is 1.39. The first kappa shape index (κ1) is 16.4. The molecular formula is C21H17N3OS. The van der Waals surface area contributed by atoms with Gasteiger partial charge in [0.2, 0.25) is 11.0 Å². The van der Waals surface area contributed by atoms with E-state index in [4.69, 9.17) is 0 Å². The van der Waals surface area contributed by atoms with E-state index in [0.717, 1.165) is 32.5 Å². The number of aryl methyl sites for hydroxylation is 1. The Morgan fingerprint density at radius 2 is 1.73 bits per heavy atom. The van der Waals surface area contributed by atoms with Gasteiger partial charge < -0.3 is 5.32 Å². The second kappa shape index (κ2) is 7.06. The second-order valence-corrected chi connectivity index (χ2v) is 7.07. The summed E-state index contributed by atoms with van der Waals surface area (Å²) in [5.41, 5.74) is 3.18. The fraction of sp³-hybridized carbons (Fsp3) is 0.0952. The molecule has 26 heavy (non-hydrogen) atoms. The van der Waals surface area contributed by atoms with Gasteiger partial charge >= 0.3 is 0 Å². The molecule has 128 valence electrons. The Hall–Kier alpha value is -3.05. The van der Waals surface area contributed by atoms with E-state index in [1.807, 2.05) is 61.5 Å². The van der Waals surface area contributed by atoms with E-state index in [2.05, 4.69) is 27.6 Å². The van der Waals surface area contributed by atoms with Crippen molar-refractivity contribution in [2.24, 2.45) is 0 Å². The number of rotatable bonds is 4. The number of hydrogen-bond acceptors (Lipinski definition) is 4. The molecule has 0 saturated carbocycles. The smallest absolute Gasteiger partial charge is 0.230 e. The summed E-state index contributed by atoms with van der Waals surface area (Å²) in [6.07, 6.45) is 0.306. The molecule has 0 unspecified atom stereocenters. The van der Waals surface area contributed by atoms with Crippen molar-refractivity contribution in [2.75, 3.05) is 5.32 Å². The highest BCUT2D eigenvalue weighted by atomic mass is 32.1. The lowest BCUT2D eigenvalue weighted by Gasteiger charge is -2.06. The van der Waals surface area contributed by atoms with Crippen LogP contribution in [0.3, 0.4) is 0 Å². The van der Waals surface area contributed by atoms with E-state index in [1.165, 1.54) is 11.3 Å². The van der Waals surface area contributed by atoms with Crippen LogP contribution < -0.4 is 5.32 Å². The van der Waals surface area contributed by atoms with Crippen molar-refractivity contribution >= 4 is 33.1 Å². The number of anilines is 1. The average molecular weight is 359 g/mol. The van der Waals surface area contributed by atoms with Crippen molar-refractivity contribution in [2.45, 2.75) is 13.3 Å². The summed E-state index contributed by atoms with van der Waals surface area (Å²) in [4.78, 5) is 12.5. The molecule has 1 heterocycles. The van der Waals surface area contributed by atoms with Crippen molar-refractivity contribution in [1.82, 2.24) is 10.2 Å². The first-order valence-corrected chi connectivity index (χ1v) is 9.18. The maximum absolute atomic E-state index is 12.5. The highest BCUT2D eigenvalue weighted by Crippen LogP contribution is 2.28. The SMILES string of the molecule is Cc1ccccc1-c1nnc(NC(=O)Cc2cccc3ccccc23)s1. The van der Waals surface area contributed by atoms with Crippen LogP contribution in [0.1, 0.15) is 11.1 Å². The molecule has 0 spiro atoms. The number of nitrogens with zero attached hydrogens (tertiary/aromatic N) is 2. The number of benzene rings is 3. The lowest BCUT2D eigenvalue weighted by molar-refractivity contribution is -0.115. The normalized spacial score (nSPS) is 10.8. The molecule has 0 bridgehead atoms. The minimum Gasteiger partial charge on any atom is -0.300 e. The minimum absolute atomic E-state index is 0.0890. The molecule has 0 aliphatic rings. The second-order valence-electron chi connectivity index (χ2n) is 6.09. The number of aromatic nitrogens is 2. The summed E-state index contributed by atoms with van der Waals surface area (Å²) in [6, 6.07) is 22.1. The van der Waals surface area contributed by atoms with E-state index in [1.54, 1.807) is 0 Å². The molecule has 1 aromatic heterocycles. The van der Waals surface area contributed by atoms with Crippen LogP contribution in [0, 0.1) is 6.92 Å². The van der Waals surface area contributed by atoms with E-state index < -0.39 is 0 Å². The van der Waals surface area contributed by atoms with Gasteiger partial charge in [-0.25, -0.2) is 0 Å². The van der Waals surface area contributed by atoms with Crippen molar-refractivity contribution in [3.8, 4) is 10.6 Å². The first-order valence-electron chi connectivity index (χ1n) is 8.37. The van der Waals surface area contributed by atoms with Gasteiger partial charge in [-0.05, 0) is 28.8 Å². The van der Waals surface area contributed by atoms with Gasteiger partial charge in [0.25, 0.3) is 0 Å². The van der Waals surface area contributed by atoms with Gasteiger partial charge in [0.15, 0.2) is 0 Å². The van der Waals surface area contributed by atoms with Crippen LogP contribution >= 0.6 is 11.3 Å². The van der Waals surface area contributed by atoms with E-state index in [-0.39, 0.29) is 5.91 Å². The molecule has 1 amide bonds. The zero-order valence-electron chi connectivity index (χ0n) is 14.3. The van der Waals surface area contributed by atoms with E-state index in [0.29, 0.717) is 11.6 Å². The van der Waals surface area contributed by atoms with E-state index in [9.17, 15) is 4.79 Å². The van der Waals surface area contributed by atoms with Crippen LogP contribution in [0.15, 0.2) is 66.7 Å². The maximum atomic E-state index is 12.5. The van der Waals surface area contributed by atoms with Gasteiger partial charge in [-0.3, -0.25) is 4.79 Å². The monoisotopic (exact) mass is 359 g/mol. The van der Waals surface area contributed by atoms with Gasteiger partial charge in [0, 0.05) is 5.56 Å². The summed E-state index contributed by atoms with van der Waals surface area (Å²) in [7, 11) is 0. The molecule has 4 aromatic rings. The first-order chi connectivity index (χ1) is 12.7. The topological polar surface area (TPSA) is 54.9 Å². The Morgan fingerprint density at radius 1 is 0.962 bits per heavy atom. The van der Waals surface area contributed by atoms with Gasteiger partial charge in [-0.2, -0.15) is 0 Å². The molecule has 0 aliphatic heterocycles. The highest BCUT2D eigenvalue weighted by molar-refractivity contribution is 7.18. The zero-order chi connectivity index (χ0) is 17.9. The Kier molecular flexibility index (Phi) is 4.46. The number of fused-ring (bicyclic) bond motifs is 1. The molecule has 1 N–H and O–H groups in total. The summed E-state index contributed by atoms with van der Waals surface area (Å²) < 4.78 is 0. The van der Waals surface area contributed by atoms with Gasteiger partial charge in [0.1, 0.15) is 5.01 Å². The fourth-order valence-electron chi connectivity index (χ4n) is 2.98. The third kappa shape index (κ3) is 3.34. The number of carbonyl (C=O) groups is 1.